The molecule has 0 aliphatic heterocycles. The summed E-state index contributed by atoms with van der Waals surface area (Å²) in [6, 6.07) is 0. The molecule has 0 aromatic rings. The van der Waals surface area contributed by atoms with Gasteiger partial charge in [0, 0.05) is 27.4 Å². The van der Waals surface area contributed by atoms with E-state index in [1.807, 2.05) is 14.2 Å². The summed E-state index contributed by atoms with van der Waals surface area (Å²) in [4.78, 5) is 0. The van der Waals surface area contributed by atoms with Crippen molar-refractivity contribution >= 4 is 0 Å². The second kappa shape index (κ2) is 18.3. The predicted octanol–water partition coefficient (Wildman–Crippen LogP) is 6.62. The van der Waals surface area contributed by atoms with Crippen LogP contribution in [-0.4, -0.2) is 27.4 Å². The zero-order valence-electron chi connectivity index (χ0n) is 16.6. The van der Waals surface area contributed by atoms with E-state index >= 15 is 0 Å². The lowest BCUT2D eigenvalue weighted by atomic mass is 9.84. The van der Waals surface area contributed by atoms with E-state index in [0.717, 1.165) is 13.2 Å². The summed E-state index contributed by atoms with van der Waals surface area (Å²) < 4.78 is 11.0. The van der Waals surface area contributed by atoms with Crippen LogP contribution in [0.5, 0.6) is 0 Å². The van der Waals surface area contributed by atoms with Crippen LogP contribution in [0.25, 0.3) is 0 Å². The minimum Gasteiger partial charge on any atom is -0.384 e. The van der Waals surface area contributed by atoms with E-state index in [9.17, 15) is 0 Å². The number of rotatable bonds is 18. The number of hydrogen-bond acceptors (Lipinski definition) is 2. The van der Waals surface area contributed by atoms with Gasteiger partial charge >= 0.3 is 0 Å². The van der Waals surface area contributed by atoms with Crippen molar-refractivity contribution in [2.75, 3.05) is 27.4 Å². The SMILES string of the molecule is CCCCCCCCC(COC)C(CCCCCCC)COC. The fourth-order valence-electron chi connectivity index (χ4n) is 3.54. The van der Waals surface area contributed by atoms with Crippen molar-refractivity contribution in [2.45, 2.75) is 97.3 Å². The molecule has 2 unspecified atom stereocenters. The van der Waals surface area contributed by atoms with Crippen molar-refractivity contribution in [3.05, 3.63) is 0 Å². The van der Waals surface area contributed by atoms with Crippen molar-refractivity contribution < 1.29 is 9.47 Å². The van der Waals surface area contributed by atoms with Gasteiger partial charge in [-0.3, -0.25) is 0 Å². The highest BCUT2D eigenvalue weighted by molar-refractivity contribution is 4.71. The fourth-order valence-corrected chi connectivity index (χ4v) is 3.54. The molecule has 2 heteroatoms. The minimum absolute atomic E-state index is 0.678. The molecule has 140 valence electrons. The predicted molar refractivity (Wildman–Crippen MR) is 102 cm³/mol. The Kier molecular flexibility index (Phi) is 18.2. The van der Waals surface area contributed by atoms with Gasteiger partial charge in [0.2, 0.25) is 0 Å². The van der Waals surface area contributed by atoms with Crippen molar-refractivity contribution in [3.63, 3.8) is 0 Å². The molecule has 0 aliphatic rings. The van der Waals surface area contributed by atoms with E-state index in [-0.39, 0.29) is 0 Å². The molecule has 23 heavy (non-hydrogen) atoms. The van der Waals surface area contributed by atoms with Gasteiger partial charge in [-0.05, 0) is 24.7 Å². The van der Waals surface area contributed by atoms with Crippen LogP contribution in [-0.2, 0) is 9.47 Å². The summed E-state index contributed by atoms with van der Waals surface area (Å²) in [7, 11) is 3.69. The summed E-state index contributed by atoms with van der Waals surface area (Å²) >= 11 is 0. The molecule has 0 spiro atoms. The molecule has 0 aromatic carbocycles. The largest absolute Gasteiger partial charge is 0.384 e. The molecule has 0 saturated heterocycles. The van der Waals surface area contributed by atoms with Crippen LogP contribution in [0.1, 0.15) is 97.3 Å². The summed E-state index contributed by atoms with van der Waals surface area (Å²) in [6.45, 7) is 6.36. The number of ether oxygens (including phenoxy) is 2. The van der Waals surface area contributed by atoms with Gasteiger partial charge < -0.3 is 9.47 Å². The van der Waals surface area contributed by atoms with Crippen LogP contribution in [0, 0.1) is 11.8 Å². The van der Waals surface area contributed by atoms with Gasteiger partial charge in [0.15, 0.2) is 0 Å². The van der Waals surface area contributed by atoms with Crippen LogP contribution >= 0.6 is 0 Å². The fraction of sp³-hybridized carbons (Fsp3) is 1.00. The maximum absolute atomic E-state index is 5.52. The number of unbranched alkanes of at least 4 members (excludes halogenated alkanes) is 9. The van der Waals surface area contributed by atoms with Gasteiger partial charge in [0.25, 0.3) is 0 Å². The molecule has 0 rings (SSSR count). The Morgan fingerprint density at radius 3 is 1.22 bits per heavy atom. The standard InChI is InChI=1S/C21H44O2/c1-5-7-9-11-13-15-17-21(19-23-4)20(18-22-3)16-14-12-10-8-6-2/h20-21H,5-19H2,1-4H3. The Bertz CT molecular complexity index is 218. The molecule has 0 fully saturated rings. The summed E-state index contributed by atoms with van der Waals surface area (Å²) in [6.07, 6.45) is 17.7. The lowest BCUT2D eigenvalue weighted by Crippen LogP contribution is -2.24. The first-order valence-corrected chi connectivity index (χ1v) is 10.3. The molecule has 0 aliphatic carbocycles. The maximum Gasteiger partial charge on any atom is 0.0493 e. The zero-order chi connectivity index (χ0) is 17.2. The monoisotopic (exact) mass is 328 g/mol. The van der Waals surface area contributed by atoms with Crippen molar-refractivity contribution in [1.29, 1.82) is 0 Å². The molecular formula is C21H44O2. The summed E-state index contributed by atoms with van der Waals surface area (Å²) in [5, 5.41) is 0. The van der Waals surface area contributed by atoms with Crippen LogP contribution in [0.3, 0.4) is 0 Å². The molecule has 2 nitrogen and oxygen atoms in total. The first-order chi connectivity index (χ1) is 11.3. The molecule has 0 heterocycles. The molecular weight excluding hydrogens is 284 g/mol. The topological polar surface area (TPSA) is 18.5 Å². The van der Waals surface area contributed by atoms with Crippen molar-refractivity contribution in [3.8, 4) is 0 Å². The third-order valence-corrected chi connectivity index (χ3v) is 5.04. The first-order valence-electron chi connectivity index (χ1n) is 10.3. The molecule has 0 radical (unpaired) electrons. The minimum atomic E-state index is 0.678. The molecule has 0 bridgehead atoms. The van der Waals surface area contributed by atoms with Crippen LogP contribution in [0.4, 0.5) is 0 Å². The Morgan fingerprint density at radius 1 is 0.522 bits per heavy atom. The maximum atomic E-state index is 5.52. The highest BCUT2D eigenvalue weighted by Crippen LogP contribution is 2.26. The normalized spacial score (nSPS) is 14.1. The highest BCUT2D eigenvalue weighted by atomic mass is 16.5. The number of methoxy groups -OCH3 is 2. The van der Waals surface area contributed by atoms with E-state index in [0.29, 0.717) is 11.8 Å². The highest BCUT2D eigenvalue weighted by Gasteiger charge is 2.21. The van der Waals surface area contributed by atoms with E-state index in [2.05, 4.69) is 13.8 Å². The van der Waals surface area contributed by atoms with Crippen LogP contribution < -0.4 is 0 Å². The van der Waals surface area contributed by atoms with Crippen LogP contribution in [0.2, 0.25) is 0 Å². The van der Waals surface area contributed by atoms with E-state index in [4.69, 9.17) is 9.47 Å². The second-order valence-electron chi connectivity index (χ2n) is 7.19. The molecule has 0 amide bonds. The molecule has 0 saturated carbocycles. The summed E-state index contributed by atoms with van der Waals surface area (Å²) in [5.74, 6) is 1.36. The molecule has 2 atom stereocenters. The summed E-state index contributed by atoms with van der Waals surface area (Å²) in [5.41, 5.74) is 0. The van der Waals surface area contributed by atoms with Gasteiger partial charge in [-0.15, -0.1) is 0 Å². The first kappa shape index (κ1) is 22.9. The third-order valence-electron chi connectivity index (χ3n) is 5.04. The third kappa shape index (κ3) is 14.0. The van der Waals surface area contributed by atoms with Crippen LogP contribution in [0.15, 0.2) is 0 Å². The van der Waals surface area contributed by atoms with Gasteiger partial charge in [-0.1, -0.05) is 84.5 Å². The lowest BCUT2D eigenvalue weighted by molar-refractivity contribution is 0.0592. The Hall–Kier alpha value is -0.0800. The quantitative estimate of drug-likeness (QED) is 0.263. The smallest absolute Gasteiger partial charge is 0.0493 e. The average molecular weight is 329 g/mol. The Morgan fingerprint density at radius 2 is 0.870 bits per heavy atom. The zero-order valence-corrected chi connectivity index (χ0v) is 16.6. The Balaban J connectivity index is 4.06. The average Bonchev–Trinajstić information content (AvgIpc) is 2.56. The lowest BCUT2D eigenvalue weighted by Gasteiger charge is -2.26. The van der Waals surface area contributed by atoms with Crippen molar-refractivity contribution in [1.82, 2.24) is 0 Å². The van der Waals surface area contributed by atoms with Crippen molar-refractivity contribution in [2.24, 2.45) is 11.8 Å². The van der Waals surface area contributed by atoms with Gasteiger partial charge in [-0.2, -0.15) is 0 Å². The second-order valence-corrected chi connectivity index (χ2v) is 7.19. The Labute approximate surface area is 146 Å². The van der Waals surface area contributed by atoms with Gasteiger partial charge in [0.05, 0.1) is 0 Å². The van der Waals surface area contributed by atoms with E-state index < -0.39 is 0 Å². The van der Waals surface area contributed by atoms with E-state index in [1.165, 1.54) is 83.5 Å². The molecule has 0 aromatic heterocycles. The van der Waals surface area contributed by atoms with Gasteiger partial charge in [-0.25, -0.2) is 0 Å². The molecule has 0 N–H and O–H groups in total. The number of hydrogen-bond donors (Lipinski definition) is 0. The van der Waals surface area contributed by atoms with Gasteiger partial charge in [0.1, 0.15) is 0 Å². The van der Waals surface area contributed by atoms with E-state index in [1.54, 1.807) is 0 Å².